The SMILES string of the molecule is CCCCOC(=O)c1ccccc1NC(=O)Nc1ccc2occ(C3CCN(CCC)CC3)c2c1. The molecular weight excluding hydrogens is 442 g/mol. The van der Waals surface area contributed by atoms with Gasteiger partial charge in [-0.2, -0.15) is 0 Å². The van der Waals surface area contributed by atoms with Crippen LogP contribution < -0.4 is 10.6 Å². The molecule has 1 saturated heterocycles. The molecule has 0 spiro atoms. The second-order valence-electron chi connectivity index (χ2n) is 9.13. The number of piperidine rings is 1. The van der Waals surface area contributed by atoms with Crippen molar-refractivity contribution in [1.29, 1.82) is 0 Å². The molecule has 0 aliphatic carbocycles. The second kappa shape index (κ2) is 11.9. The number of hydrogen-bond acceptors (Lipinski definition) is 5. The number of fused-ring (bicyclic) bond motifs is 1. The first kappa shape index (κ1) is 24.8. The van der Waals surface area contributed by atoms with E-state index in [-0.39, 0.29) is 0 Å². The number of nitrogens with zero attached hydrogens (tertiary/aromatic N) is 1. The molecule has 35 heavy (non-hydrogen) atoms. The van der Waals surface area contributed by atoms with Crippen molar-refractivity contribution in [3.05, 3.63) is 59.9 Å². The zero-order chi connectivity index (χ0) is 24.6. The molecule has 1 aliphatic heterocycles. The molecule has 4 rings (SSSR count). The van der Waals surface area contributed by atoms with Crippen molar-refractivity contribution in [2.24, 2.45) is 0 Å². The molecule has 7 nitrogen and oxygen atoms in total. The number of anilines is 2. The third-order valence-electron chi connectivity index (χ3n) is 6.55. The summed E-state index contributed by atoms with van der Waals surface area (Å²) in [5.41, 5.74) is 3.45. The predicted molar refractivity (Wildman–Crippen MR) is 139 cm³/mol. The topological polar surface area (TPSA) is 83.8 Å². The van der Waals surface area contributed by atoms with Gasteiger partial charge in [0.25, 0.3) is 0 Å². The number of carbonyl (C=O) groups is 2. The van der Waals surface area contributed by atoms with Crippen LogP contribution in [0, 0.1) is 0 Å². The third-order valence-corrected chi connectivity index (χ3v) is 6.55. The van der Waals surface area contributed by atoms with Crippen LogP contribution in [-0.4, -0.2) is 43.1 Å². The minimum Gasteiger partial charge on any atom is -0.464 e. The van der Waals surface area contributed by atoms with Gasteiger partial charge in [-0.1, -0.05) is 32.4 Å². The number of carbonyl (C=O) groups excluding carboxylic acids is 2. The van der Waals surface area contributed by atoms with Gasteiger partial charge in [0, 0.05) is 16.6 Å². The fourth-order valence-corrected chi connectivity index (χ4v) is 4.67. The van der Waals surface area contributed by atoms with Gasteiger partial charge >= 0.3 is 12.0 Å². The second-order valence-corrected chi connectivity index (χ2v) is 9.13. The molecule has 0 bridgehead atoms. The number of furan rings is 1. The maximum absolute atomic E-state index is 12.8. The quantitative estimate of drug-likeness (QED) is 0.267. The molecule has 0 radical (unpaired) electrons. The fraction of sp³-hybridized carbons (Fsp3) is 0.429. The lowest BCUT2D eigenvalue weighted by atomic mass is 9.89. The van der Waals surface area contributed by atoms with Crippen LogP contribution in [-0.2, 0) is 4.74 Å². The zero-order valence-corrected chi connectivity index (χ0v) is 20.6. The molecule has 3 aromatic rings. The normalized spacial score (nSPS) is 14.7. The number of urea groups is 1. The van der Waals surface area contributed by atoms with Crippen LogP contribution in [0.15, 0.2) is 53.1 Å². The van der Waals surface area contributed by atoms with E-state index >= 15 is 0 Å². The van der Waals surface area contributed by atoms with Crippen molar-refractivity contribution >= 4 is 34.3 Å². The van der Waals surface area contributed by atoms with Gasteiger partial charge in [0.2, 0.25) is 0 Å². The molecule has 2 aromatic carbocycles. The Hall–Kier alpha value is -3.32. The van der Waals surface area contributed by atoms with E-state index in [4.69, 9.17) is 9.15 Å². The van der Waals surface area contributed by atoms with Crippen LogP contribution in [0.1, 0.15) is 67.8 Å². The van der Waals surface area contributed by atoms with Crippen molar-refractivity contribution in [2.45, 2.75) is 51.9 Å². The highest BCUT2D eigenvalue weighted by Gasteiger charge is 2.23. The monoisotopic (exact) mass is 477 g/mol. The number of rotatable bonds is 9. The van der Waals surface area contributed by atoms with Crippen LogP contribution in [0.4, 0.5) is 16.2 Å². The van der Waals surface area contributed by atoms with E-state index in [1.54, 1.807) is 24.3 Å². The number of benzene rings is 2. The minimum atomic E-state index is -0.441. The summed E-state index contributed by atoms with van der Waals surface area (Å²) in [5.74, 6) is 0.0165. The number of esters is 1. The van der Waals surface area contributed by atoms with Crippen LogP contribution in [0.25, 0.3) is 11.0 Å². The fourth-order valence-electron chi connectivity index (χ4n) is 4.67. The predicted octanol–water partition coefficient (Wildman–Crippen LogP) is 6.62. The van der Waals surface area contributed by atoms with Crippen LogP contribution in [0.3, 0.4) is 0 Å². The van der Waals surface area contributed by atoms with Gasteiger partial charge < -0.3 is 24.7 Å². The van der Waals surface area contributed by atoms with Crippen molar-refractivity contribution in [3.63, 3.8) is 0 Å². The summed E-state index contributed by atoms with van der Waals surface area (Å²) in [4.78, 5) is 27.7. The molecule has 7 heteroatoms. The van der Waals surface area contributed by atoms with Gasteiger partial charge in [-0.25, -0.2) is 9.59 Å². The Balaban J connectivity index is 1.43. The molecule has 1 aliphatic rings. The largest absolute Gasteiger partial charge is 0.464 e. The van der Waals surface area contributed by atoms with Gasteiger partial charge in [0.1, 0.15) is 5.58 Å². The van der Waals surface area contributed by atoms with Gasteiger partial charge in [0.05, 0.1) is 24.1 Å². The molecule has 2 amide bonds. The lowest BCUT2D eigenvalue weighted by molar-refractivity contribution is 0.0501. The lowest BCUT2D eigenvalue weighted by Crippen LogP contribution is -2.33. The Morgan fingerprint density at radius 1 is 1.06 bits per heavy atom. The average Bonchev–Trinajstić information content (AvgIpc) is 3.28. The van der Waals surface area contributed by atoms with Crippen LogP contribution in [0.2, 0.25) is 0 Å². The van der Waals surface area contributed by atoms with Gasteiger partial charge in [-0.3, -0.25) is 0 Å². The third kappa shape index (κ3) is 6.22. The number of amides is 2. The highest BCUT2D eigenvalue weighted by molar-refractivity contribution is 6.05. The van der Waals surface area contributed by atoms with Crippen molar-refractivity contribution in [1.82, 2.24) is 4.90 Å². The summed E-state index contributed by atoms with van der Waals surface area (Å²) in [6.45, 7) is 7.98. The first-order valence-corrected chi connectivity index (χ1v) is 12.7. The van der Waals surface area contributed by atoms with E-state index in [9.17, 15) is 9.59 Å². The molecule has 0 unspecified atom stereocenters. The molecule has 2 heterocycles. The summed E-state index contributed by atoms with van der Waals surface area (Å²) in [6.07, 6.45) is 7.01. The highest BCUT2D eigenvalue weighted by atomic mass is 16.5. The molecule has 1 fully saturated rings. The number of para-hydroxylation sites is 1. The van der Waals surface area contributed by atoms with Gasteiger partial charge in [0.15, 0.2) is 0 Å². The van der Waals surface area contributed by atoms with E-state index in [1.165, 1.54) is 12.0 Å². The maximum Gasteiger partial charge on any atom is 0.340 e. The van der Waals surface area contributed by atoms with E-state index in [0.717, 1.165) is 56.3 Å². The van der Waals surface area contributed by atoms with Crippen molar-refractivity contribution in [2.75, 3.05) is 36.9 Å². The Morgan fingerprint density at radius 3 is 2.63 bits per heavy atom. The van der Waals surface area contributed by atoms with Gasteiger partial charge in [-0.05, 0) is 81.6 Å². The summed E-state index contributed by atoms with van der Waals surface area (Å²) in [6, 6.07) is 12.1. The number of unbranched alkanes of at least 4 members (excludes halogenated alkanes) is 1. The van der Waals surface area contributed by atoms with Crippen LogP contribution >= 0.6 is 0 Å². The highest BCUT2D eigenvalue weighted by Crippen LogP contribution is 2.35. The molecule has 0 saturated carbocycles. The smallest absolute Gasteiger partial charge is 0.340 e. The van der Waals surface area contributed by atoms with E-state index in [1.807, 2.05) is 31.4 Å². The first-order chi connectivity index (χ1) is 17.1. The molecule has 2 N–H and O–H groups in total. The Labute approximate surface area is 206 Å². The number of nitrogens with one attached hydrogen (secondary N) is 2. The summed E-state index contributed by atoms with van der Waals surface area (Å²) < 4.78 is 11.1. The molecule has 186 valence electrons. The van der Waals surface area contributed by atoms with Crippen LogP contribution in [0.5, 0.6) is 0 Å². The lowest BCUT2D eigenvalue weighted by Gasteiger charge is -2.31. The Bertz CT molecular complexity index is 1150. The van der Waals surface area contributed by atoms with E-state index in [2.05, 4.69) is 22.5 Å². The number of likely N-dealkylation sites (tertiary alicyclic amines) is 1. The molecular formula is C28H35N3O4. The number of hydrogen-bond donors (Lipinski definition) is 2. The Morgan fingerprint density at radius 2 is 1.86 bits per heavy atom. The summed E-state index contributed by atoms with van der Waals surface area (Å²) in [5, 5.41) is 6.72. The average molecular weight is 478 g/mol. The maximum atomic E-state index is 12.8. The van der Waals surface area contributed by atoms with E-state index in [0.29, 0.717) is 29.5 Å². The van der Waals surface area contributed by atoms with E-state index < -0.39 is 12.0 Å². The Kier molecular flexibility index (Phi) is 8.42. The minimum absolute atomic E-state index is 0.334. The first-order valence-electron chi connectivity index (χ1n) is 12.7. The van der Waals surface area contributed by atoms with Gasteiger partial charge in [-0.15, -0.1) is 0 Å². The summed E-state index contributed by atoms with van der Waals surface area (Å²) >= 11 is 0. The zero-order valence-electron chi connectivity index (χ0n) is 20.6. The summed E-state index contributed by atoms with van der Waals surface area (Å²) in [7, 11) is 0. The van der Waals surface area contributed by atoms with Crippen molar-refractivity contribution < 1.29 is 18.7 Å². The standard InChI is InChI=1S/C28H35N3O4/c1-3-5-17-34-27(32)22-8-6-7-9-25(22)30-28(33)29-21-10-11-26-23(18-21)24(19-35-26)20-12-15-31(14-4-2)16-13-20/h6-11,18-20H,3-5,12-17H2,1-2H3,(H2,29,30,33). The van der Waals surface area contributed by atoms with Crippen molar-refractivity contribution in [3.8, 4) is 0 Å². The number of ether oxygens (including phenoxy) is 1. The molecule has 1 aromatic heterocycles. The molecule has 0 atom stereocenters.